The molecule has 100 valence electrons. The summed E-state index contributed by atoms with van der Waals surface area (Å²) >= 11 is 5.37. The summed E-state index contributed by atoms with van der Waals surface area (Å²) < 4.78 is 2.81. The van der Waals surface area contributed by atoms with Crippen LogP contribution in [0.25, 0.3) is 11.5 Å². The molecule has 0 bridgehead atoms. The van der Waals surface area contributed by atoms with Crippen LogP contribution in [-0.2, 0) is 6.54 Å². The Bertz CT molecular complexity index is 610. The Labute approximate surface area is 117 Å². The van der Waals surface area contributed by atoms with Gasteiger partial charge in [0.05, 0.1) is 0 Å². The molecular formula is C14H18N4S. The third-order valence-electron chi connectivity index (χ3n) is 3.88. The highest BCUT2D eigenvalue weighted by Crippen LogP contribution is 2.51. The number of pyridine rings is 1. The average Bonchev–Trinajstić information content (AvgIpc) is 3.09. The first-order chi connectivity index (χ1) is 9.24. The molecule has 1 saturated carbocycles. The van der Waals surface area contributed by atoms with Crippen molar-refractivity contribution < 1.29 is 0 Å². The van der Waals surface area contributed by atoms with Crippen LogP contribution in [0.2, 0.25) is 0 Å². The van der Waals surface area contributed by atoms with E-state index in [1.165, 1.54) is 25.7 Å². The minimum atomic E-state index is 0.445. The molecule has 2 heterocycles. The number of hydrogen-bond acceptors (Lipinski definition) is 3. The van der Waals surface area contributed by atoms with E-state index in [2.05, 4.69) is 26.7 Å². The van der Waals surface area contributed by atoms with Crippen molar-refractivity contribution in [3.8, 4) is 11.5 Å². The van der Waals surface area contributed by atoms with Gasteiger partial charge in [-0.25, -0.2) is 0 Å². The molecule has 0 saturated heterocycles. The van der Waals surface area contributed by atoms with E-state index >= 15 is 0 Å². The molecule has 0 amide bonds. The van der Waals surface area contributed by atoms with Crippen molar-refractivity contribution in [1.82, 2.24) is 19.7 Å². The van der Waals surface area contributed by atoms with Gasteiger partial charge in [-0.1, -0.05) is 19.4 Å². The monoisotopic (exact) mass is 274 g/mol. The van der Waals surface area contributed by atoms with Crippen molar-refractivity contribution in [3.63, 3.8) is 0 Å². The molecule has 0 spiro atoms. The highest BCUT2D eigenvalue weighted by molar-refractivity contribution is 7.71. The molecule has 1 aliphatic carbocycles. The average molecular weight is 274 g/mol. The van der Waals surface area contributed by atoms with Crippen LogP contribution in [0.15, 0.2) is 24.4 Å². The summed E-state index contributed by atoms with van der Waals surface area (Å²) in [6.45, 7) is 3.20. The van der Waals surface area contributed by atoms with Crippen LogP contribution in [0.3, 0.4) is 0 Å². The Morgan fingerprint density at radius 2 is 2.26 bits per heavy atom. The van der Waals surface area contributed by atoms with Gasteiger partial charge in [-0.3, -0.25) is 14.6 Å². The van der Waals surface area contributed by atoms with Crippen molar-refractivity contribution in [3.05, 3.63) is 29.2 Å². The SMILES string of the molecule is CCCC1(Cn2c(-c3ccccn3)n[nH]c2=S)CC1. The van der Waals surface area contributed by atoms with Gasteiger partial charge in [0, 0.05) is 12.7 Å². The quantitative estimate of drug-likeness (QED) is 0.848. The number of nitrogens with zero attached hydrogens (tertiary/aromatic N) is 3. The zero-order valence-electron chi connectivity index (χ0n) is 11.1. The largest absolute Gasteiger partial charge is 0.298 e. The van der Waals surface area contributed by atoms with Gasteiger partial charge < -0.3 is 0 Å². The summed E-state index contributed by atoms with van der Waals surface area (Å²) in [7, 11) is 0. The summed E-state index contributed by atoms with van der Waals surface area (Å²) in [5, 5.41) is 7.25. The molecule has 1 fully saturated rings. The van der Waals surface area contributed by atoms with Gasteiger partial charge in [0.15, 0.2) is 10.6 Å². The number of aromatic amines is 1. The summed E-state index contributed by atoms with van der Waals surface area (Å²) in [6.07, 6.45) is 6.88. The summed E-state index contributed by atoms with van der Waals surface area (Å²) in [5.74, 6) is 0.855. The topological polar surface area (TPSA) is 46.5 Å². The molecule has 0 aromatic carbocycles. The maximum absolute atomic E-state index is 5.37. The Hall–Kier alpha value is -1.49. The third kappa shape index (κ3) is 2.47. The molecule has 1 N–H and O–H groups in total. The van der Waals surface area contributed by atoms with Crippen molar-refractivity contribution in [1.29, 1.82) is 0 Å². The highest BCUT2D eigenvalue weighted by atomic mass is 32.1. The number of nitrogens with one attached hydrogen (secondary N) is 1. The summed E-state index contributed by atoms with van der Waals surface area (Å²) in [4.78, 5) is 4.37. The van der Waals surface area contributed by atoms with Crippen LogP contribution in [-0.4, -0.2) is 19.7 Å². The Kier molecular flexibility index (Phi) is 3.22. The van der Waals surface area contributed by atoms with Crippen LogP contribution in [0, 0.1) is 10.2 Å². The lowest BCUT2D eigenvalue weighted by molar-refractivity contribution is 0.387. The second-order valence-corrected chi connectivity index (χ2v) is 5.79. The first-order valence-electron chi connectivity index (χ1n) is 6.81. The fourth-order valence-corrected chi connectivity index (χ4v) is 2.88. The fourth-order valence-electron chi connectivity index (χ4n) is 2.68. The van der Waals surface area contributed by atoms with E-state index < -0.39 is 0 Å². The van der Waals surface area contributed by atoms with Gasteiger partial charge in [0.1, 0.15) is 5.69 Å². The lowest BCUT2D eigenvalue weighted by atomic mass is 10.0. The molecule has 2 aromatic rings. The second kappa shape index (κ2) is 4.89. The standard InChI is InChI=1S/C14H18N4S/c1-2-6-14(7-8-14)10-18-12(16-17-13(18)19)11-5-3-4-9-15-11/h3-5,9H,2,6-8,10H2,1H3,(H,17,19). The Balaban J connectivity index is 1.94. The van der Waals surface area contributed by atoms with Crippen molar-refractivity contribution >= 4 is 12.2 Å². The molecule has 1 aliphatic rings. The maximum atomic E-state index is 5.37. The van der Waals surface area contributed by atoms with Crippen LogP contribution in [0.4, 0.5) is 0 Å². The molecular weight excluding hydrogens is 256 g/mol. The molecule has 19 heavy (non-hydrogen) atoms. The van der Waals surface area contributed by atoms with E-state index in [9.17, 15) is 0 Å². The van der Waals surface area contributed by atoms with E-state index in [1.54, 1.807) is 6.20 Å². The van der Waals surface area contributed by atoms with Gasteiger partial charge in [-0.2, -0.15) is 5.10 Å². The predicted molar refractivity (Wildman–Crippen MR) is 77.2 cm³/mol. The zero-order chi connectivity index (χ0) is 13.3. The molecule has 4 nitrogen and oxygen atoms in total. The van der Waals surface area contributed by atoms with Gasteiger partial charge in [0.25, 0.3) is 0 Å². The van der Waals surface area contributed by atoms with Crippen molar-refractivity contribution in [2.45, 2.75) is 39.2 Å². The van der Waals surface area contributed by atoms with Crippen LogP contribution < -0.4 is 0 Å². The van der Waals surface area contributed by atoms with Gasteiger partial charge in [0.2, 0.25) is 0 Å². The van der Waals surface area contributed by atoms with Gasteiger partial charge in [-0.15, -0.1) is 0 Å². The zero-order valence-corrected chi connectivity index (χ0v) is 11.9. The summed E-state index contributed by atoms with van der Waals surface area (Å²) in [5.41, 5.74) is 1.32. The molecule has 5 heteroatoms. The fraction of sp³-hybridized carbons (Fsp3) is 0.500. The molecule has 0 aliphatic heterocycles. The van der Waals surface area contributed by atoms with E-state index in [0.29, 0.717) is 10.2 Å². The Morgan fingerprint density at radius 3 is 2.89 bits per heavy atom. The smallest absolute Gasteiger partial charge is 0.195 e. The van der Waals surface area contributed by atoms with E-state index in [-0.39, 0.29) is 0 Å². The highest BCUT2D eigenvalue weighted by Gasteiger charge is 2.42. The van der Waals surface area contributed by atoms with Gasteiger partial charge in [-0.05, 0) is 49.0 Å². The van der Waals surface area contributed by atoms with E-state index in [0.717, 1.165) is 18.1 Å². The first kappa shape index (κ1) is 12.5. The molecule has 3 rings (SSSR count). The molecule has 2 aromatic heterocycles. The second-order valence-electron chi connectivity index (χ2n) is 5.40. The number of H-pyrrole nitrogens is 1. The molecule has 0 unspecified atom stereocenters. The van der Waals surface area contributed by atoms with Crippen LogP contribution in [0.1, 0.15) is 32.6 Å². The Morgan fingerprint density at radius 1 is 1.42 bits per heavy atom. The van der Waals surface area contributed by atoms with E-state index in [4.69, 9.17) is 12.2 Å². The van der Waals surface area contributed by atoms with Crippen LogP contribution in [0.5, 0.6) is 0 Å². The number of hydrogen-bond donors (Lipinski definition) is 1. The minimum absolute atomic E-state index is 0.445. The predicted octanol–water partition coefficient (Wildman–Crippen LogP) is 3.58. The lowest BCUT2D eigenvalue weighted by Crippen LogP contribution is -2.13. The van der Waals surface area contributed by atoms with Crippen LogP contribution >= 0.6 is 12.2 Å². The number of aromatic nitrogens is 4. The normalized spacial score (nSPS) is 16.5. The summed E-state index contributed by atoms with van der Waals surface area (Å²) in [6, 6.07) is 5.86. The van der Waals surface area contributed by atoms with Gasteiger partial charge >= 0.3 is 0 Å². The molecule has 0 atom stereocenters. The van der Waals surface area contributed by atoms with Crippen molar-refractivity contribution in [2.75, 3.05) is 0 Å². The molecule has 0 radical (unpaired) electrons. The third-order valence-corrected chi connectivity index (χ3v) is 4.19. The maximum Gasteiger partial charge on any atom is 0.195 e. The lowest BCUT2D eigenvalue weighted by Gasteiger charge is -2.15. The first-order valence-corrected chi connectivity index (χ1v) is 7.21. The van der Waals surface area contributed by atoms with Crippen molar-refractivity contribution in [2.24, 2.45) is 5.41 Å². The number of rotatable bonds is 5. The van der Waals surface area contributed by atoms with E-state index in [1.807, 2.05) is 18.2 Å². The minimum Gasteiger partial charge on any atom is -0.298 e.